The number of carboxylic acid groups (broad SMARTS) is 1. The number of anilines is 1. The molecule has 2 aromatic carbocycles. The number of likely N-dealkylation sites (tertiary alicyclic amines) is 1. The zero-order chi connectivity index (χ0) is 22.4. The number of rotatable bonds is 7. The third-order valence-electron chi connectivity index (χ3n) is 6.92. The van der Waals surface area contributed by atoms with Crippen LogP contribution in [-0.2, 0) is 17.4 Å². The van der Waals surface area contributed by atoms with Crippen LogP contribution in [0.15, 0.2) is 35.2 Å². The summed E-state index contributed by atoms with van der Waals surface area (Å²) >= 11 is 0. The minimum atomic E-state index is -1.74. The molecule has 1 aliphatic carbocycles. The number of carbonyl (C=O) groups is 1. The van der Waals surface area contributed by atoms with Gasteiger partial charge in [-0.05, 0) is 79.6 Å². The van der Waals surface area contributed by atoms with Gasteiger partial charge in [-0.1, -0.05) is 13.0 Å². The van der Waals surface area contributed by atoms with Crippen LogP contribution in [0.25, 0.3) is 0 Å². The fourth-order valence-corrected chi connectivity index (χ4v) is 6.12. The fraction of sp³-hybridized carbons (Fsp3) is 0.458. The van der Waals surface area contributed by atoms with Crippen molar-refractivity contribution in [3.05, 3.63) is 52.8 Å². The Morgan fingerprint density at radius 3 is 2.94 bits per heavy atom. The summed E-state index contributed by atoms with van der Waals surface area (Å²) in [6.45, 7) is 5.59. The van der Waals surface area contributed by atoms with E-state index in [0.717, 1.165) is 38.0 Å². The summed E-state index contributed by atoms with van der Waals surface area (Å²) in [5, 5.41) is 9.86. The second-order valence-electron chi connectivity index (χ2n) is 9.00. The Morgan fingerprint density at radius 1 is 1.34 bits per heavy atom. The largest absolute Gasteiger partial charge is 0.492 e. The number of fused-ring (bicyclic) bond motifs is 3. The summed E-state index contributed by atoms with van der Waals surface area (Å²) in [7, 11) is -1.74. The van der Waals surface area contributed by atoms with Crippen LogP contribution in [0.4, 0.5) is 10.1 Å². The highest BCUT2D eigenvalue weighted by molar-refractivity contribution is 7.86. The maximum atomic E-state index is 14.0. The summed E-state index contributed by atoms with van der Waals surface area (Å²) in [4.78, 5) is 14.9. The summed E-state index contributed by atoms with van der Waals surface area (Å²) in [6.07, 6.45) is 2.68. The zero-order valence-corrected chi connectivity index (χ0v) is 18.8. The maximum Gasteiger partial charge on any atom is 0.341 e. The Labute approximate surface area is 189 Å². The lowest BCUT2D eigenvalue weighted by Gasteiger charge is -2.21. The van der Waals surface area contributed by atoms with E-state index >= 15 is 0 Å². The van der Waals surface area contributed by atoms with Crippen LogP contribution in [0, 0.1) is 17.7 Å². The van der Waals surface area contributed by atoms with Crippen LogP contribution < -0.4 is 9.46 Å². The lowest BCUT2D eigenvalue weighted by Crippen LogP contribution is -2.20. The lowest BCUT2D eigenvalue weighted by atomic mass is 9.98. The molecule has 8 heteroatoms. The quantitative estimate of drug-likeness (QED) is 0.655. The van der Waals surface area contributed by atoms with E-state index in [-0.39, 0.29) is 17.1 Å². The van der Waals surface area contributed by atoms with E-state index in [9.17, 15) is 18.5 Å². The first-order valence-corrected chi connectivity index (χ1v) is 12.3. The minimum Gasteiger partial charge on any atom is -0.492 e. The number of aromatic carboxylic acids is 1. The summed E-state index contributed by atoms with van der Waals surface area (Å²) < 4.78 is 36.0. The number of carboxylic acids is 1. The molecular formula is C24H27FN2O4S. The molecule has 0 amide bonds. The Balaban J connectivity index is 1.42. The van der Waals surface area contributed by atoms with Crippen molar-refractivity contribution in [1.82, 2.24) is 4.90 Å². The molecule has 1 saturated carbocycles. The van der Waals surface area contributed by atoms with E-state index in [1.165, 1.54) is 18.2 Å². The monoisotopic (exact) mass is 458 g/mol. The van der Waals surface area contributed by atoms with Gasteiger partial charge in [-0.3, -0.25) is 0 Å². The highest BCUT2D eigenvalue weighted by atomic mass is 32.2. The highest BCUT2D eigenvalue weighted by Crippen LogP contribution is 2.55. The highest BCUT2D eigenvalue weighted by Gasteiger charge is 2.45. The Bertz CT molecular complexity index is 1090. The molecule has 170 valence electrons. The molecule has 6 nitrogen and oxygen atoms in total. The van der Waals surface area contributed by atoms with Crippen LogP contribution in [0.1, 0.15) is 47.2 Å². The van der Waals surface area contributed by atoms with Crippen molar-refractivity contribution >= 4 is 22.6 Å². The summed E-state index contributed by atoms with van der Waals surface area (Å²) in [5.74, 6) is 0.102. The predicted molar refractivity (Wildman–Crippen MR) is 120 cm³/mol. The number of nitrogens with one attached hydrogen (secondary N) is 1. The van der Waals surface area contributed by atoms with Gasteiger partial charge in [0.05, 0.1) is 17.2 Å². The van der Waals surface area contributed by atoms with Crippen molar-refractivity contribution in [2.75, 3.05) is 31.0 Å². The zero-order valence-electron chi connectivity index (χ0n) is 18.0. The molecule has 0 radical (unpaired) electrons. The molecule has 2 heterocycles. The van der Waals surface area contributed by atoms with Gasteiger partial charge in [0.2, 0.25) is 0 Å². The second-order valence-corrected chi connectivity index (χ2v) is 10.2. The van der Waals surface area contributed by atoms with E-state index in [0.29, 0.717) is 47.0 Å². The van der Waals surface area contributed by atoms with E-state index in [2.05, 4.69) is 16.5 Å². The van der Waals surface area contributed by atoms with Gasteiger partial charge in [0.1, 0.15) is 17.1 Å². The van der Waals surface area contributed by atoms with Gasteiger partial charge >= 0.3 is 5.97 Å². The van der Waals surface area contributed by atoms with Crippen molar-refractivity contribution in [2.24, 2.45) is 11.8 Å². The first-order valence-electron chi connectivity index (χ1n) is 11.2. The van der Waals surface area contributed by atoms with Crippen LogP contribution in [0.2, 0.25) is 0 Å². The van der Waals surface area contributed by atoms with Gasteiger partial charge in [0.25, 0.3) is 0 Å². The smallest absolute Gasteiger partial charge is 0.341 e. The van der Waals surface area contributed by atoms with E-state index in [1.54, 1.807) is 6.07 Å². The molecule has 0 aromatic heterocycles. The van der Waals surface area contributed by atoms with Gasteiger partial charge in [-0.2, -0.15) is 0 Å². The van der Waals surface area contributed by atoms with E-state index in [4.69, 9.17) is 4.74 Å². The van der Waals surface area contributed by atoms with Crippen LogP contribution in [0.5, 0.6) is 5.75 Å². The van der Waals surface area contributed by atoms with Crippen molar-refractivity contribution in [2.45, 2.75) is 37.0 Å². The lowest BCUT2D eigenvalue weighted by molar-refractivity contribution is 0.0692. The van der Waals surface area contributed by atoms with Crippen molar-refractivity contribution < 1.29 is 23.2 Å². The van der Waals surface area contributed by atoms with Crippen molar-refractivity contribution in [1.29, 1.82) is 0 Å². The van der Waals surface area contributed by atoms with Crippen LogP contribution in [0.3, 0.4) is 0 Å². The summed E-state index contributed by atoms with van der Waals surface area (Å²) in [6, 6.07) is 7.82. The molecule has 5 rings (SSSR count). The van der Waals surface area contributed by atoms with Gasteiger partial charge in [-0.25, -0.2) is 13.4 Å². The topological polar surface area (TPSA) is 78.9 Å². The predicted octanol–water partition coefficient (Wildman–Crippen LogP) is 4.04. The number of ether oxygens (including phenoxy) is 1. The number of hydrogen-bond donors (Lipinski definition) is 2. The second kappa shape index (κ2) is 8.48. The molecule has 4 atom stereocenters. The molecule has 0 spiro atoms. The molecular weight excluding hydrogens is 431 g/mol. The molecule has 1 saturated heterocycles. The molecule has 3 aliphatic rings. The number of benzene rings is 2. The van der Waals surface area contributed by atoms with E-state index in [1.807, 2.05) is 6.07 Å². The first-order chi connectivity index (χ1) is 15.4. The molecule has 0 bridgehead atoms. The van der Waals surface area contributed by atoms with Gasteiger partial charge in [0.15, 0.2) is 11.0 Å². The summed E-state index contributed by atoms with van der Waals surface area (Å²) in [5.41, 5.74) is 1.88. The third-order valence-corrected chi connectivity index (χ3v) is 8.12. The number of hydrogen-bond acceptors (Lipinski definition) is 4. The van der Waals surface area contributed by atoms with E-state index < -0.39 is 17.0 Å². The van der Waals surface area contributed by atoms with Gasteiger partial charge in [-0.15, -0.1) is 0 Å². The SMILES string of the molecule is CCN1CC[C@H](Cc2cc(F)ccc2S(=O)Nc2ccc3c(c2C(=O)O)OCC2CC32)C1. The molecule has 2 fully saturated rings. The first kappa shape index (κ1) is 21.4. The molecule has 2 N–H and O–H groups in total. The maximum absolute atomic E-state index is 14.0. The fourth-order valence-electron chi connectivity index (χ4n) is 5.07. The Morgan fingerprint density at radius 2 is 2.19 bits per heavy atom. The Kier molecular flexibility index (Phi) is 5.67. The minimum absolute atomic E-state index is 0.0132. The van der Waals surface area contributed by atoms with Gasteiger partial charge < -0.3 is 19.5 Å². The number of halogens is 1. The molecule has 2 aliphatic heterocycles. The Hall–Kier alpha value is -2.45. The molecule has 32 heavy (non-hydrogen) atoms. The van der Waals surface area contributed by atoms with Crippen LogP contribution in [-0.4, -0.2) is 46.4 Å². The molecule has 3 unspecified atom stereocenters. The average Bonchev–Trinajstić information content (AvgIpc) is 3.43. The number of nitrogens with zero attached hydrogens (tertiary/aromatic N) is 1. The van der Waals surface area contributed by atoms with Crippen molar-refractivity contribution in [3.8, 4) is 5.75 Å². The average molecular weight is 459 g/mol. The standard InChI is InChI=1S/C24H27FN2O4S/c1-2-27-8-7-14(12-27)9-15-10-17(25)3-6-21(15)32(30)26-20-5-4-18-19-11-16(19)13-31-23(18)22(20)24(28)29/h3-6,10,14,16,19,26H,2,7-9,11-13H2,1H3,(H,28,29)/t14-,16?,19?,32?/m1/s1. The normalized spacial score (nSPS) is 24.9. The van der Waals surface area contributed by atoms with Gasteiger partial charge in [0, 0.05) is 12.5 Å². The third kappa shape index (κ3) is 4.01. The van der Waals surface area contributed by atoms with Crippen molar-refractivity contribution in [3.63, 3.8) is 0 Å². The van der Waals surface area contributed by atoms with Crippen LogP contribution >= 0.6 is 0 Å². The molecule has 2 aromatic rings.